The van der Waals surface area contributed by atoms with Crippen LogP contribution in [-0.2, 0) is 13.1 Å². The van der Waals surface area contributed by atoms with Crippen molar-refractivity contribution in [3.05, 3.63) is 57.7 Å². The van der Waals surface area contributed by atoms with Crippen molar-refractivity contribution in [2.24, 2.45) is 0 Å². The molecule has 0 atom stereocenters. The molecule has 3 aromatic rings. The second kappa shape index (κ2) is 7.53. The minimum atomic E-state index is -0.327. The lowest BCUT2D eigenvalue weighted by Gasteiger charge is -2.07. The Kier molecular flexibility index (Phi) is 5.19. The molecular formula is C19H24N3O3+. The number of ether oxygens (including phenoxy) is 1. The summed E-state index contributed by atoms with van der Waals surface area (Å²) in [6.45, 7) is 6.71. The van der Waals surface area contributed by atoms with Gasteiger partial charge in [0.25, 0.3) is 0 Å². The Morgan fingerprint density at radius 2 is 2.08 bits per heavy atom. The van der Waals surface area contributed by atoms with Crippen LogP contribution < -0.4 is 15.7 Å². The third kappa shape index (κ3) is 4.09. The number of fused-ring (bicyclic) bond motifs is 1. The van der Waals surface area contributed by atoms with Gasteiger partial charge in [-0.1, -0.05) is 0 Å². The summed E-state index contributed by atoms with van der Waals surface area (Å²) in [5, 5.41) is 7.64. The van der Waals surface area contributed by atoms with Crippen LogP contribution in [0.3, 0.4) is 0 Å². The molecule has 0 saturated heterocycles. The third-order valence-corrected chi connectivity index (χ3v) is 4.28. The predicted molar refractivity (Wildman–Crippen MR) is 95.9 cm³/mol. The Hall–Kier alpha value is -2.60. The maximum absolute atomic E-state index is 11.8. The summed E-state index contributed by atoms with van der Waals surface area (Å²) in [4.78, 5) is 11.8. The number of methoxy groups -OCH3 is 1. The fourth-order valence-corrected chi connectivity index (χ4v) is 3.05. The zero-order valence-corrected chi connectivity index (χ0v) is 14.9. The maximum Gasteiger partial charge on any atom is 0.336 e. The molecule has 2 N–H and O–H groups in total. The summed E-state index contributed by atoms with van der Waals surface area (Å²) in [6.07, 6.45) is 1.02. The van der Waals surface area contributed by atoms with E-state index in [4.69, 9.17) is 9.15 Å². The molecular weight excluding hydrogens is 318 g/mol. The highest BCUT2D eigenvalue weighted by atomic mass is 16.5. The minimum absolute atomic E-state index is 0.327. The van der Waals surface area contributed by atoms with Crippen molar-refractivity contribution in [3.63, 3.8) is 0 Å². The summed E-state index contributed by atoms with van der Waals surface area (Å²) in [5.74, 6) is 0.682. The van der Waals surface area contributed by atoms with Crippen LogP contribution in [0.25, 0.3) is 11.0 Å². The lowest BCUT2D eigenvalue weighted by molar-refractivity contribution is -0.670. The average Bonchev–Trinajstić information content (AvgIpc) is 2.91. The monoisotopic (exact) mass is 342 g/mol. The molecule has 2 aromatic heterocycles. The van der Waals surface area contributed by atoms with Gasteiger partial charge in [-0.3, -0.25) is 4.68 Å². The summed E-state index contributed by atoms with van der Waals surface area (Å²) in [5.41, 5.74) is 3.47. The molecule has 3 rings (SSSR count). The highest BCUT2D eigenvalue weighted by molar-refractivity contribution is 5.81. The summed E-state index contributed by atoms with van der Waals surface area (Å²) in [7, 11) is 1.60. The molecule has 0 amide bonds. The van der Waals surface area contributed by atoms with Gasteiger partial charge in [0.1, 0.15) is 17.9 Å². The van der Waals surface area contributed by atoms with E-state index in [9.17, 15) is 4.79 Å². The Labute approximate surface area is 146 Å². The lowest BCUT2D eigenvalue weighted by Crippen LogP contribution is -2.82. The molecule has 0 aliphatic carbocycles. The van der Waals surface area contributed by atoms with Crippen LogP contribution in [0, 0.1) is 13.8 Å². The van der Waals surface area contributed by atoms with Crippen molar-refractivity contribution in [2.75, 3.05) is 13.7 Å². The Bertz CT molecular complexity index is 927. The van der Waals surface area contributed by atoms with E-state index < -0.39 is 0 Å². The van der Waals surface area contributed by atoms with Gasteiger partial charge in [-0.2, -0.15) is 5.10 Å². The van der Waals surface area contributed by atoms with Crippen LogP contribution in [0.15, 0.2) is 39.5 Å². The zero-order valence-electron chi connectivity index (χ0n) is 14.9. The van der Waals surface area contributed by atoms with E-state index >= 15 is 0 Å². The molecule has 0 aliphatic heterocycles. The van der Waals surface area contributed by atoms with E-state index in [0.29, 0.717) is 11.3 Å². The fourth-order valence-electron chi connectivity index (χ4n) is 3.05. The SMILES string of the molecule is COc1ccc2c(C[NH2+]CCCn3nc(C)cc3C)cc(=O)oc2c1. The van der Waals surface area contributed by atoms with Gasteiger partial charge in [0.05, 0.1) is 19.3 Å². The van der Waals surface area contributed by atoms with Gasteiger partial charge in [-0.15, -0.1) is 0 Å². The van der Waals surface area contributed by atoms with Crippen molar-refractivity contribution in [3.8, 4) is 5.75 Å². The number of quaternary nitrogens is 1. The first kappa shape index (κ1) is 17.2. The topological polar surface area (TPSA) is 73.9 Å². The minimum Gasteiger partial charge on any atom is -0.497 e. The van der Waals surface area contributed by atoms with Crippen LogP contribution in [0.1, 0.15) is 23.4 Å². The van der Waals surface area contributed by atoms with Gasteiger partial charge in [0, 0.05) is 41.7 Å². The molecule has 0 unspecified atom stereocenters. The van der Waals surface area contributed by atoms with Crippen molar-refractivity contribution in [1.82, 2.24) is 9.78 Å². The first-order valence-electron chi connectivity index (χ1n) is 8.50. The van der Waals surface area contributed by atoms with Crippen LogP contribution in [0.2, 0.25) is 0 Å². The molecule has 25 heavy (non-hydrogen) atoms. The molecule has 6 heteroatoms. The van der Waals surface area contributed by atoms with Gasteiger partial charge < -0.3 is 14.5 Å². The molecule has 0 spiro atoms. The van der Waals surface area contributed by atoms with Crippen LogP contribution in [0.4, 0.5) is 0 Å². The van der Waals surface area contributed by atoms with E-state index in [2.05, 4.69) is 23.4 Å². The summed E-state index contributed by atoms with van der Waals surface area (Å²) < 4.78 is 12.5. The molecule has 1 aromatic carbocycles. The van der Waals surface area contributed by atoms with Crippen LogP contribution in [-0.4, -0.2) is 23.4 Å². The molecule has 0 saturated carbocycles. The largest absolute Gasteiger partial charge is 0.497 e. The lowest BCUT2D eigenvalue weighted by atomic mass is 10.1. The highest BCUT2D eigenvalue weighted by Crippen LogP contribution is 2.21. The average molecular weight is 342 g/mol. The Balaban J connectivity index is 1.61. The second-order valence-electron chi connectivity index (χ2n) is 6.24. The fraction of sp³-hybridized carbons (Fsp3) is 0.368. The van der Waals surface area contributed by atoms with Gasteiger partial charge in [0.2, 0.25) is 0 Å². The molecule has 0 radical (unpaired) electrons. The molecule has 6 nitrogen and oxygen atoms in total. The van der Waals surface area contributed by atoms with Crippen molar-refractivity contribution < 1.29 is 14.5 Å². The van der Waals surface area contributed by atoms with Gasteiger partial charge in [-0.05, 0) is 32.0 Å². The second-order valence-corrected chi connectivity index (χ2v) is 6.24. The first-order chi connectivity index (χ1) is 12.1. The van der Waals surface area contributed by atoms with E-state index in [-0.39, 0.29) is 5.63 Å². The number of rotatable bonds is 7. The predicted octanol–water partition coefficient (Wildman–Crippen LogP) is 1.77. The van der Waals surface area contributed by atoms with Crippen LogP contribution >= 0.6 is 0 Å². The number of nitrogens with zero attached hydrogens (tertiary/aromatic N) is 2. The number of benzene rings is 1. The van der Waals surface area contributed by atoms with Crippen LogP contribution in [0.5, 0.6) is 5.75 Å². The third-order valence-electron chi connectivity index (χ3n) is 4.28. The smallest absolute Gasteiger partial charge is 0.336 e. The van der Waals surface area contributed by atoms with E-state index in [1.54, 1.807) is 19.2 Å². The quantitative estimate of drug-likeness (QED) is 0.525. The Morgan fingerprint density at radius 3 is 2.80 bits per heavy atom. The number of hydrogen-bond donors (Lipinski definition) is 1. The molecule has 0 bridgehead atoms. The van der Waals surface area contributed by atoms with Crippen molar-refractivity contribution in [2.45, 2.75) is 33.4 Å². The maximum atomic E-state index is 11.8. The van der Waals surface area contributed by atoms with Gasteiger partial charge >= 0.3 is 5.63 Å². The summed E-state index contributed by atoms with van der Waals surface area (Å²) >= 11 is 0. The van der Waals surface area contributed by atoms with Gasteiger partial charge in [-0.25, -0.2) is 4.79 Å². The summed E-state index contributed by atoms with van der Waals surface area (Å²) in [6, 6.07) is 9.24. The van der Waals surface area contributed by atoms with Crippen molar-refractivity contribution in [1.29, 1.82) is 0 Å². The number of hydrogen-bond acceptors (Lipinski definition) is 4. The number of nitrogens with two attached hydrogens (primary N) is 1. The van der Waals surface area contributed by atoms with E-state index in [1.165, 1.54) is 5.69 Å². The molecule has 132 valence electrons. The normalized spacial score (nSPS) is 11.2. The molecule has 0 aliphatic rings. The zero-order chi connectivity index (χ0) is 17.8. The van der Waals surface area contributed by atoms with Gasteiger partial charge in [0.15, 0.2) is 0 Å². The Morgan fingerprint density at radius 1 is 1.24 bits per heavy atom. The standard InChI is InChI=1S/C19H23N3O3/c1-13-9-14(2)22(21-13)8-4-7-20-12-15-10-19(23)25-18-11-16(24-3)5-6-17(15)18/h5-6,9-11,20H,4,7-8,12H2,1-3H3/p+1. The first-order valence-corrected chi connectivity index (χ1v) is 8.50. The highest BCUT2D eigenvalue weighted by Gasteiger charge is 2.08. The number of aromatic nitrogens is 2. The molecule has 2 heterocycles. The van der Waals surface area contributed by atoms with Crippen molar-refractivity contribution >= 4 is 11.0 Å². The number of aryl methyl sites for hydroxylation is 3. The molecule has 0 fully saturated rings. The van der Waals surface area contributed by atoms with E-state index in [0.717, 1.165) is 42.7 Å². The van der Waals surface area contributed by atoms with E-state index in [1.807, 2.05) is 23.7 Å².